The highest BCUT2D eigenvalue weighted by atomic mass is 32.2. The van der Waals surface area contributed by atoms with E-state index in [0.29, 0.717) is 11.3 Å². The van der Waals surface area contributed by atoms with E-state index in [2.05, 4.69) is 15.4 Å². The first-order valence-corrected chi connectivity index (χ1v) is 10.1. The molecule has 3 N–H and O–H groups in total. The van der Waals surface area contributed by atoms with Gasteiger partial charge < -0.3 is 10.6 Å². The fraction of sp³-hybridized carbons (Fsp3) is 0.0500. The summed E-state index contributed by atoms with van der Waals surface area (Å²) in [5, 5.41) is 5.40. The zero-order chi connectivity index (χ0) is 20.6. The van der Waals surface area contributed by atoms with Crippen LogP contribution in [0.15, 0.2) is 71.6 Å². The predicted molar refractivity (Wildman–Crippen MR) is 104 cm³/mol. The zero-order valence-electron chi connectivity index (χ0n) is 14.8. The van der Waals surface area contributed by atoms with E-state index in [0.717, 1.165) is 18.2 Å². The van der Waals surface area contributed by atoms with Crippen LogP contribution in [0, 0.1) is 11.6 Å². The highest BCUT2D eigenvalue weighted by Gasteiger charge is 2.29. The van der Waals surface area contributed by atoms with Gasteiger partial charge in [-0.15, -0.1) is 0 Å². The molecular formula is C20H15F2N3O3S. The molecule has 29 heavy (non-hydrogen) atoms. The van der Waals surface area contributed by atoms with E-state index in [9.17, 15) is 22.0 Å². The van der Waals surface area contributed by atoms with Crippen molar-refractivity contribution in [3.63, 3.8) is 0 Å². The molecule has 148 valence electrons. The molecule has 3 aromatic carbocycles. The van der Waals surface area contributed by atoms with Crippen molar-refractivity contribution >= 4 is 27.3 Å². The number of sulfonamides is 1. The molecule has 1 aliphatic heterocycles. The van der Waals surface area contributed by atoms with Gasteiger partial charge in [0.1, 0.15) is 22.7 Å². The average Bonchev–Trinajstić information content (AvgIpc) is 2.70. The van der Waals surface area contributed by atoms with Gasteiger partial charge in [-0.1, -0.05) is 24.3 Å². The lowest BCUT2D eigenvalue weighted by molar-refractivity contribution is 0.102. The molecule has 0 aliphatic carbocycles. The Morgan fingerprint density at radius 3 is 2.45 bits per heavy atom. The van der Waals surface area contributed by atoms with Crippen LogP contribution in [-0.2, 0) is 10.0 Å². The molecule has 0 aromatic heterocycles. The lowest BCUT2D eigenvalue weighted by atomic mass is 10.1. The van der Waals surface area contributed by atoms with E-state index in [4.69, 9.17) is 0 Å². The second kappa shape index (κ2) is 7.26. The molecule has 0 fully saturated rings. The van der Waals surface area contributed by atoms with Crippen LogP contribution in [0.4, 0.5) is 20.2 Å². The van der Waals surface area contributed by atoms with Gasteiger partial charge in [-0.2, -0.15) is 4.72 Å². The highest BCUT2D eigenvalue weighted by molar-refractivity contribution is 7.89. The molecule has 1 atom stereocenters. The number of rotatable bonds is 3. The molecular weight excluding hydrogens is 400 g/mol. The van der Waals surface area contributed by atoms with Crippen molar-refractivity contribution in [2.75, 3.05) is 10.6 Å². The van der Waals surface area contributed by atoms with E-state index < -0.39 is 33.7 Å². The molecule has 0 radical (unpaired) electrons. The minimum Gasteiger partial charge on any atom is -0.364 e. The second-order valence-corrected chi connectivity index (χ2v) is 8.08. The van der Waals surface area contributed by atoms with Crippen LogP contribution < -0.4 is 15.4 Å². The summed E-state index contributed by atoms with van der Waals surface area (Å²) < 4.78 is 54.3. The number of hydrogen-bond acceptors (Lipinski definition) is 4. The Hall–Kier alpha value is -3.30. The van der Waals surface area contributed by atoms with Gasteiger partial charge in [0.15, 0.2) is 0 Å². The summed E-state index contributed by atoms with van der Waals surface area (Å²) in [5.74, 6) is -2.05. The average molecular weight is 415 g/mol. The predicted octanol–water partition coefficient (Wildman–Crippen LogP) is 3.62. The van der Waals surface area contributed by atoms with Crippen molar-refractivity contribution < 1.29 is 22.0 Å². The first kappa shape index (κ1) is 19.0. The molecule has 1 amide bonds. The Bertz CT molecular complexity index is 1200. The summed E-state index contributed by atoms with van der Waals surface area (Å²) in [4.78, 5) is 12.5. The van der Waals surface area contributed by atoms with Gasteiger partial charge in [0, 0.05) is 11.6 Å². The van der Waals surface area contributed by atoms with Crippen molar-refractivity contribution in [1.82, 2.24) is 4.72 Å². The molecule has 1 aliphatic rings. The fourth-order valence-corrected chi connectivity index (χ4v) is 4.30. The maximum absolute atomic E-state index is 13.7. The molecule has 4 rings (SSSR count). The maximum atomic E-state index is 13.7. The van der Waals surface area contributed by atoms with Crippen molar-refractivity contribution in [3.05, 3.63) is 89.5 Å². The van der Waals surface area contributed by atoms with Crippen LogP contribution in [0.1, 0.15) is 22.1 Å². The number of anilines is 2. The number of para-hydroxylation sites is 1. The van der Waals surface area contributed by atoms with Gasteiger partial charge in [-0.25, -0.2) is 17.2 Å². The largest absolute Gasteiger partial charge is 0.364 e. The minimum absolute atomic E-state index is 0.157. The van der Waals surface area contributed by atoms with Gasteiger partial charge in [-0.3, -0.25) is 4.79 Å². The number of fused-ring (bicyclic) bond motifs is 1. The number of carbonyl (C=O) groups is 1. The number of amides is 1. The van der Waals surface area contributed by atoms with E-state index in [-0.39, 0.29) is 16.1 Å². The maximum Gasteiger partial charge on any atom is 0.255 e. The third kappa shape index (κ3) is 3.82. The van der Waals surface area contributed by atoms with Gasteiger partial charge in [0.05, 0.1) is 11.4 Å². The van der Waals surface area contributed by atoms with Gasteiger partial charge in [-0.05, 0) is 42.0 Å². The van der Waals surface area contributed by atoms with Crippen LogP contribution in [-0.4, -0.2) is 14.3 Å². The minimum atomic E-state index is -3.68. The van der Waals surface area contributed by atoms with Gasteiger partial charge >= 0.3 is 0 Å². The number of nitrogens with one attached hydrogen (secondary N) is 3. The van der Waals surface area contributed by atoms with Crippen LogP contribution in [0.5, 0.6) is 0 Å². The topological polar surface area (TPSA) is 87.3 Å². The highest BCUT2D eigenvalue weighted by Crippen LogP contribution is 2.30. The fourth-order valence-electron chi connectivity index (χ4n) is 2.99. The van der Waals surface area contributed by atoms with E-state index in [1.165, 1.54) is 18.2 Å². The van der Waals surface area contributed by atoms with Crippen molar-refractivity contribution in [1.29, 1.82) is 0 Å². The van der Waals surface area contributed by atoms with Crippen LogP contribution >= 0.6 is 0 Å². The molecule has 3 aromatic rings. The Balaban J connectivity index is 1.54. The molecule has 0 saturated carbocycles. The van der Waals surface area contributed by atoms with Crippen molar-refractivity contribution in [2.45, 2.75) is 11.1 Å². The Morgan fingerprint density at radius 1 is 0.966 bits per heavy atom. The SMILES string of the molecule is O=C(Nc1cc(F)ccc1F)c1ccc([C@@H]2Nc3ccccc3S(=O)(=O)N2)cc1. The summed E-state index contributed by atoms with van der Waals surface area (Å²) in [6.07, 6.45) is -0.715. The third-order valence-electron chi connectivity index (χ3n) is 4.43. The molecule has 0 spiro atoms. The van der Waals surface area contributed by atoms with Gasteiger partial charge in [0.25, 0.3) is 5.91 Å². The van der Waals surface area contributed by atoms with Crippen LogP contribution in [0.25, 0.3) is 0 Å². The van der Waals surface area contributed by atoms with E-state index in [1.807, 2.05) is 0 Å². The Labute approximate surface area is 165 Å². The number of carbonyl (C=O) groups excluding carboxylic acids is 1. The molecule has 9 heteroatoms. The van der Waals surface area contributed by atoms with E-state index >= 15 is 0 Å². The summed E-state index contributed by atoms with van der Waals surface area (Å²) in [7, 11) is -3.68. The Kier molecular flexibility index (Phi) is 4.77. The molecule has 0 unspecified atom stereocenters. The molecule has 1 heterocycles. The Morgan fingerprint density at radius 2 is 1.69 bits per heavy atom. The standard InChI is InChI=1S/C20H15F2N3O3S/c21-14-9-10-15(22)17(11-14)24-20(26)13-7-5-12(6-8-13)19-23-16-3-1-2-4-18(16)29(27,28)25-19/h1-11,19,23,25H,(H,24,26)/t19-/m1/s1. The first-order valence-electron chi connectivity index (χ1n) is 8.58. The normalized spacial score (nSPS) is 17.1. The quantitative estimate of drug-likeness (QED) is 0.610. The van der Waals surface area contributed by atoms with Crippen molar-refractivity contribution in [3.8, 4) is 0 Å². The molecule has 0 saturated heterocycles. The van der Waals surface area contributed by atoms with E-state index in [1.54, 1.807) is 30.3 Å². The van der Waals surface area contributed by atoms with Gasteiger partial charge in [0.2, 0.25) is 10.0 Å². The number of halogens is 2. The molecule has 6 nitrogen and oxygen atoms in total. The lowest BCUT2D eigenvalue weighted by Crippen LogP contribution is -2.38. The smallest absolute Gasteiger partial charge is 0.255 e. The second-order valence-electron chi connectivity index (χ2n) is 6.40. The molecule has 0 bridgehead atoms. The van der Waals surface area contributed by atoms with Crippen LogP contribution in [0.3, 0.4) is 0 Å². The number of hydrogen-bond donors (Lipinski definition) is 3. The summed E-state index contributed by atoms with van der Waals surface area (Å²) in [6, 6.07) is 15.4. The summed E-state index contributed by atoms with van der Waals surface area (Å²) in [5.41, 5.74) is 0.991. The monoisotopic (exact) mass is 415 g/mol. The zero-order valence-corrected chi connectivity index (χ0v) is 15.6. The number of benzene rings is 3. The van der Waals surface area contributed by atoms with Crippen molar-refractivity contribution in [2.24, 2.45) is 0 Å². The summed E-state index contributed by atoms with van der Waals surface area (Å²) in [6.45, 7) is 0. The summed E-state index contributed by atoms with van der Waals surface area (Å²) >= 11 is 0. The third-order valence-corrected chi connectivity index (χ3v) is 5.91. The lowest BCUT2D eigenvalue weighted by Gasteiger charge is -2.28. The first-order chi connectivity index (χ1) is 13.8. The van der Waals surface area contributed by atoms with Crippen LogP contribution in [0.2, 0.25) is 0 Å².